The average molecular weight is 161 g/mol. The number of aliphatic imine (C=N–C) groups is 1. The first kappa shape index (κ1) is 7.48. The van der Waals surface area contributed by atoms with Crippen molar-refractivity contribution in [2.75, 3.05) is 5.88 Å². The maximum absolute atomic E-state index is 4.27. The average Bonchev–Trinajstić information content (AvgIpc) is 1.60. The van der Waals surface area contributed by atoms with E-state index in [4.69, 9.17) is 0 Å². The lowest BCUT2D eigenvalue weighted by Gasteiger charge is -2.25. The van der Waals surface area contributed by atoms with Gasteiger partial charge in [0.25, 0.3) is 0 Å². The summed E-state index contributed by atoms with van der Waals surface area (Å²) in [6.07, 6.45) is 0. The molecular formula is C6H11NS2. The SMILES string of the molecule is CC1=NCSC(C)(C)S1. The Labute approximate surface area is 64.7 Å². The molecule has 0 saturated carbocycles. The molecule has 1 aliphatic rings. The zero-order valence-electron chi connectivity index (χ0n) is 5.97. The van der Waals surface area contributed by atoms with Gasteiger partial charge in [0.1, 0.15) is 0 Å². The van der Waals surface area contributed by atoms with Crippen LogP contribution in [0.25, 0.3) is 0 Å². The summed E-state index contributed by atoms with van der Waals surface area (Å²) in [5.74, 6) is 0.936. The highest BCUT2D eigenvalue weighted by Crippen LogP contribution is 2.40. The molecule has 1 heterocycles. The molecule has 52 valence electrons. The summed E-state index contributed by atoms with van der Waals surface area (Å²) >= 11 is 3.76. The maximum atomic E-state index is 4.27. The van der Waals surface area contributed by atoms with Crippen LogP contribution in [0.2, 0.25) is 0 Å². The van der Waals surface area contributed by atoms with Crippen molar-refractivity contribution >= 4 is 28.6 Å². The number of thioether (sulfide) groups is 2. The van der Waals surface area contributed by atoms with Crippen LogP contribution in [0, 0.1) is 0 Å². The van der Waals surface area contributed by atoms with Crippen LogP contribution in [0.4, 0.5) is 0 Å². The number of nitrogens with zero attached hydrogens (tertiary/aromatic N) is 1. The summed E-state index contributed by atoms with van der Waals surface area (Å²) in [4.78, 5) is 4.27. The Morgan fingerprint density at radius 1 is 1.56 bits per heavy atom. The summed E-state index contributed by atoms with van der Waals surface area (Å²) in [7, 11) is 0. The molecule has 0 radical (unpaired) electrons. The molecule has 3 heteroatoms. The Kier molecular flexibility index (Phi) is 2.11. The van der Waals surface area contributed by atoms with Crippen LogP contribution in [-0.4, -0.2) is 15.0 Å². The van der Waals surface area contributed by atoms with Gasteiger partial charge < -0.3 is 0 Å². The van der Waals surface area contributed by atoms with Crippen LogP contribution in [0.5, 0.6) is 0 Å². The molecule has 0 saturated heterocycles. The highest BCUT2D eigenvalue weighted by molar-refractivity contribution is 8.26. The minimum Gasteiger partial charge on any atom is -0.272 e. The smallest absolute Gasteiger partial charge is 0.0867 e. The van der Waals surface area contributed by atoms with E-state index in [1.165, 1.54) is 5.04 Å². The van der Waals surface area contributed by atoms with Crippen LogP contribution in [0.3, 0.4) is 0 Å². The van der Waals surface area contributed by atoms with Crippen molar-refractivity contribution < 1.29 is 0 Å². The second kappa shape index (κ2) is 2.54. The highest BCUT2D eigenvalue weighted by atomic mass is 32.2. The molecule has 0 aromatic rings. The van der Waals surface area contributed by atoms with Crippen LogP contribution in [0.1, 0.15) is 20.8 Å². The van der Waals surface area contributed by atoms with Gasteiger partial charge in [-0.15, -0.1) is 11.8 Å². The van der Waals surface area contributed by atoms with E-state index in [2.05, 4.69) is 25.8 Å². The standard InChI is InChI=1S/C6H11NS2/c1-5-7-4-8-6(2,3)9-5/h4H2,1-3H3. The third kappa shape index (κ3) is 2.22. The third-order valence-corrected chi connectivity index (χ3v) is 3.57. The van der Waals surface area contributed by atoms with E-state index in [0.717, 1.165) is 5.88 Å². The molecule has 1 nitrogen and oxygen atoms in total. The number of rotatable bonds is 0. The van der Waals surface area contributed by atoms with Crippen LogP contribution >= 0.6 is 23.5 Å². The minimum absolute atomic E-state index is 0.353. The molecule has 0 N–H and O–H groups in total. The molecule has 0 bridgehead atoms. The van der Waals surface area contributed by atoms with Gasteiger partial charge in [-0.3, -0.25) is 4.99 Å². The molecule has 0 aromatic carbocycles. The van der Waals surface area contributed by atoms with Gasteiger partial charge in [0.05, 0.1) is 15.0 Å². The molecule has 9 heavy (non-hydrogen) atoms. The molecule has 0 fully saturated rings. The van der Waals surface area contributed by atoms with Gasteiger partial charge in [-0.1, -0.05) is 11.8 Å². The lowest BCUT2D eigenvalue weighted by molar-refractivity contribution is 1.03. The third-order valence-electron chi connectivity index (χ3n) is 1.09. The fraction of sp³-hybridized carbons (Fsp3) is 0.833. The molecule has 0 unspecified atom stereocenters. The first-order valence-corrected chi connectivity index (χ1v) is 4.74. The summed E-state index contributed by atoms with van der Waals surface area (Å²) < 4.78 is 0.353. The summed E-state index contributed by atoms with van der Waals surface area (Å²) in [5.41, 5.74) is 0. The number of hydrogen-bond acceptors (Lipinski definition) is 3. The molecule has 1 aliphatic heterocycles. The fourth-order valence-corrected chi connectivity index (χ4v) is 2.94. The topological polar surface area (TPSA) is 12.4 Å². The predicted molar refractivity (Wildman–Crippen MR) is 47.2 cm³/mol. The Morgan fingerprint density at radius 2 is 2.22 bits per heavy atom. The van der Waals surface area contributed by atoms with Gasteiger partial charge in [-0.2, -0.15) is 0 Å². The van der Waals surface area contributed by atoms with E-state index in [-0.39, 0.29) is 0 Å². The first-order chi connectivity index (χ1) is 4.10. The van der Waals surface area contributed by atoms with Gasteiger partial charge >= 0.3 is 0 Å². The van der Waals surface area contributed by atoms with Gasteiger partial charge in [0.15, 0.2) is 0 Å². The summed E-state index contributed by atoms with van der Waals surface area (Å²) in [6.45, 7) is 6.55. The van der Waals surface area contributed by atoms with E-state index in [0.29, 0.717) is 4.08 Å². The monoisotopic (exact) mass is 161 g/mol. The summed E-state index contributed by atoms with van der Waals surface area (Å²) in [6, 6.07) is 0. The first-order valence-electron chi connectivity index (χ1n) is 2.94. The van der Waals surface area contributed by atoms with E-state index in [1.54, 1.807) is 0 Å². The van der Waals surface area contributed by atoms with Gasteiger partial charge in [0, 0.05) is 0 Å². The van der Waals surface area contributed by atoms with E-state index < -0.39 is 0 Å². The Hall–Kier alpha value is 0.370. The largest absolute Gasteiger partial charge is 0.272 e. The van der Waals surface area contributed by atoms with E-state index in [9.17, 15) is 0 Å². The lowest BCUT2D eigenvalue weighted by Crippen LogP contribution is -2.15. The van der Waals surface area contributed by atoms with Crippen LogP contribution in [-0.2, 0) is 0 Å². The zero-order chi connectivity index (χ0) is 6.91. The van der Waals surface area contributed by atoms with Gasteiger partial charge in [0.2, 0.25) is 0 Å². The molecular weight excluding hydrogens is 150 g/mol. The number of hydrogen-bond donors (Lipinski definition) is 0. The molecule has 1 rings (SSSR count). The molecule has 0 atom stereocenters. The highest BCUT2D eigenvalue weighted by Gasteiger charge is 2.22. The van der Waals surface area contributed by atoms with Gasteiger partial charge in [-0.25, -0.2) is 0 Å². The van der Waals surface area contributed by atoms with Crippen molar-refractivity contribution in [3.63, 3.8) is 0 Å². The quantitative estimate of drug-likeness (QED) is 0.541. The molecule has 0 amide bonds. The van der Waals surface area contributed by atoms with E-state index in [1.807, 2.05) is 23.5 Å². The lowest BCUT2D eigenvalue weighted by atomic mass is 10.5. The predicted octanol–water partition coefficient (Wildman–Crippen LogP) is 2.58. The zero-order valence-corrected chi connectivity index (χ0v) is 7.60. The van der Waals surface area contributed by atoms with Crippen molar-refractivity contribution in [3.8, 4) is 0 Å². The second-order valence-electron chi connectivity index (χ2n) is 2.45. The van der Waals surface area contributed by atoms with Crippen molar-refractivity contribution in [3.05, 3.63) is 0 Å². The van der Waals surface area contributed by atoms with Crippen LogP contribution in [0.15, 0.2) is 4.99 Å². The molecule has 0 aromatic heterocycles. The van der Waals surface area contributed by atoms with Crippen molar-refractivity contribution in [1.29, 1.82) is 0 Å². The molecule has 0 aliphatic carbocycles. The Balaban J connectivity index is 2.59. The second-order valence-corrected chi connectivity index (χ2v) is 6.09. The van der Waals surface area contributed by atoms with Crippen molar-refractivity contribution in [2.45, 2.75) is 24.9 Å². The van der Waals surface area contributed by atoms with E-state index >= 15 is 0 Å². The minimum atomic E-state index is 0.353. The van der Waals surface area contributed by atoms with Crippen LogP contribution < -0.4 is 0 Å². The van der Waals surface area contributed by atoms with Crippen molar-refractivity contribution in [1.82, 2.24) is 0 Å². The fourth-order valence-electron chi connectivity index (χ4n) is 0.696. The normalized spacial score (nSPS) is 25.4. The summed E-state index contributed by atoms with van der Waals surface area (Å²) in [5, 5.41) is 1.22. The maximum Gasteiger partial charge on any atom is 0.0867 e. The van der Waals surface area contributed by atoms with Crippen molar-refractivity contribution in [2.24, 2.45) is 4.99 Å². The Bertz CT molecular complexity index is 140. The Morgan fingerprint density at radius 3 is 2.56 bits per heavy atom. The van der Waals surface area contributed by atoms with Gasteiger partial charge in [-0.05, 0) is 20.8 Å². The molecule has 0 spiro atoms.